The van der Waals surface area contributed by atoms with E-state index in [1.807, 2.05) is 12.1 Å². The van der Waals surface area contributed by atoms with E-state index in [4.69, 9.17) is 19.8 Å². The smallest absolute Gasteiger partial charge is 0.0253 e. The number of hydrogen-bond donors (Lipinski definition) is 2. The van der Waals surface area contributed by atoms with Crippen molar-refractivity contribution in [3.05, 3.63) is 119 Å². The van der Waals surface area contributed by atoms with Gasteiger partial charge in [0.1, 0.15) is 0 Å². The van der Waals surface area contributed by atoms with E-state index in [1.54, 1.807) is 0 Å². The molecule has 4 aromatic carbocycles. The molecule has 0 bridgehead atoms. The van der Waals surface area contributed by atoms with E-state index in [0.717, 1.165) is 26.7 Å². The van der Waals surface area contributed by atoms with Crippen LogP contribution in [0.4, 0.5) is 0 Å². The molecule has 6 rings (SSSR count). The molecule has 0 aliphatic heterocycles. The van der Waals surface area contributed by atoms with E-state index in [2.05, 4.69) is 117 Å². The second-order valence-corrected chi connectivity index (χ2v) is 15.5. The summed E-state index contributed by atoms with van der Waals surface area (Å²) in [5.41, 5.74) is 11.0. The van der Waals surface area contributed by atoms with Gasteiger partial charge in [0.15, 0.2) is 0 Å². The van der Waals surface area contributed by atoms with E-state index in [1.165, 1.54) is 44.5 Å². The van der Waals surface area contributed by atoms with E-state index in [9.17, 15) is 0 Å². The van der Waals surface area contributed by atoms with E-state index in [0.29, 0.717) is 0 Å². The van der Waals surface area contributed by atoms with Crippen LogP contribution in [0.5, 0.6) is 0 Å². The van der Waals surface area contributed by atoms with Crippen LogP contribution in [0.3, 0.4) is 0 Å². The Bertz CT molecular complexity index is 1180. The molecular formula is C32H32O4SiTi. The van der Waals surface area contributed by atoms with E-state index >= 15 is 0 Å². The van der Waals surface area contributed by atoms with Gasteiger partial charge in [-0.25, -0.2) is 0 Å². The van der Waals surface area contributed by atoms with Crippen molar-refractivity contribution in [3.63, 3.8) is 0 Å². The summed E-state index contributed by atoms with van der Waals surface area (Å²) in [6.07, 6.45) is 2.22. The van der Waals surface area contributed by atoms with Crippen molar-refractivity contribution < 1.29 is 39.0 Å². The zero-order valence-electron chi connectivity index (χ0n) is 22.2. The molecule has 0 saturated carbocycles. The van der Waals surface area contributed by atoms with Crippen LogP contribution in [-0.4, -0.2) is 28.3 Å². The van der Waals surface area contributed by atoms with Crippen LogP contribution in [0, 0.1) is 12.1 Å². The first kappa shape index (κ1) is 31.0. The molecule has 0 unspecified atom stereocenters. The molecule has 4 nitrogen and oxygen atoms in total. The Labute approximate surface area is 237 Å². The summed E-state index contributed by atoms with van der Waals surface area (Å²) in [5.74, 6) is -1.67. The van der Waals surface area contributed by atoms with Crippen molar-refractivity contribution in [1.29, 1.82) is 0 Å². The van der Waals surface area contributed by atoms with Gasteiger partial charge in [0.25, 0.3) is 11.9 Å². The molecule has 6 heteroatoms. The summed E-state index contributed by atoms with van der Waals surface area (Å²) in [7, 11) is 0. The monoisotopic (exact) mass is 556 g/mol. The van der Waals surface area contributed by atoms with Gasteiger partial charge in [0, 0.05) is 13.8 Å². The Morgan fingerprint density at radius 2 is 0.947 bits per heavy atom. The minimum absolute atomic E-state index is 0.120. The minimum atomic E-state index is -0.833. The van der Waals surface area contributed by atoms with Crippen LogP contribution >= 0.6 is 0 Å². The van der Waals surface area contributed by atoms with Gasteiger partial charge in [0.2, 0.25) is 0 Å². The Morgan fingerprint density at radius 1 is 0.658 bits per heavy atom. The minimum Gasteiger partial charge on any atom is -0.179 e. The Kier molecular flexibility index (Phi) is 12.9. The molecule has 0 heterocycles. The number of aliphatic carboxylic acids is 2. The normalized spacial score (nSPS) is 10.5. The Balaban J connectivity index is 0.000000190. The van der Waals surface area contributed by atoms with Gasteiger partial charge in [-0.3, -0.25) is 9.59 Å². The standard InChI is InChI=1S/2C13H9.2C2H4O2.C2H6Si.Ti/c2*1-3-7-12-10(5-1)9-11-6-2-4-8-13(11)12;2*1-2(3)4;1-3-2;/h2*1-5,7-8H,9H2;2*1H3,(H,3,4);1-2H3;/q2*-1;;;;+2. The van der Waals surface area contributed by atoms with Crippen molar-refractivity contribution in [2.45, 2.75) is 39.8 Å². The van der Waals surface area contributed by atoms with Crippen molar-refractivity contribution in [1.82, 2.24) is 0 Å². The van der Waals surface area contributed by atoms with Crippen molar-refractivity contribution >= 4 is 18.1 Å². The topological polar surface area (TPSA) is 74.6 Å². The molecule has 38 heavy (non-hydrogen) atoms. The van der Waals surface area contributed by atoms with Gasteiger partial charge in [0.05, 0.1) is 0 Å². The molecule has 0 aromatic heterocycles. The third kappa shape index (κ3) is 10.3. The molecule has 4 aromatic rings. The van der Waals surface area contributed by atoms with Crippen molar-refractivity contribution in [2.24, 2.45) is 0 Å². The number of hydrogen-bond acceptors (Lipinski definition) is 2. The maximum Gasteiger partial charge on any atom is -0.0253 e. The summed E-state index contributed by atoms with van der Waals surface area (Å²) in [6.45, 7) is 6.70. The number of carboxylic acids is 2. The Hall–Kier alpha value is -3.25. The molecule has 0 amide bonds. The molecule has 192 valence electrons. The predicted octanol–water partition coefficient (Wildman–Crippen LogP) is 7.08. The molecule has 2 aliphatic carbocycles. The predicted molar refractivity (Wildman–Crippen MR) is 151 cm³/mol. The molecule has 2 aliphatic rings. The number of fused-ring (bicyclic) bond motifs is 6. The van der Waals surface area contributed by atoms with Crippen molar-refractivity contribution in [3.8, 4) is 22.3 Å². The van der Waals surface area contributed by atoms with Gasteiger partial charge in [-0.2, -0.15) is 59.7 Å². The Morgan fingerprint density at radius 3 is 1.29 bits per heavy atom. The van der Waals surface area contributed by atoms with E-state index in [-0.39, 0.29) is 6.19 Å². The van der Waals surface area contributed by atoms with Gasteiger partial charge in [-0.1, -0.05) is 70.8 Å². The molecule has 0 spiro atoms. The summed E-state index contributed by atoms with van der Waals surface area (Å²) >= 11 is 2.27. The second-order valence-electron chi connectivity index (χ2n) is 8.83. The first-order chi connectivity index (χ1) is 18.1. The third-order valence-electron chi connectivity index (χ3n) is 5.23. The zero-order chi connectivity index (χ0) is 28.1. The molecule has 0 fully saturated rings. The van der Waals surface area contributed by atoms with Gasteiger partial charge < -0.3 is 10.2 Å². The summed E-state index contributed by atoms with van der Waals surface area (Å²) < 4.78 is 0. The molecule has 0 saturated heterocycles. The van der Waals surface area contributed by atoms with Crippen LogP contribution in [0.2, 0.25) is 13.1 Å². The van der Waals surface area contributed by atoms with Crippen LogP contribution in [0.25, 0.3) is 22.3 Å². The third-order valence-corrected chi connectivity index (χ3v) is 5.23. The van der Waals surface area contributed by atoms with Gasteiger partial charge >= 0.3 is 38.5 Å². The fourth-order valence-electron chi connectivity index (χ4n) is 4.00. The van der Waals surface area contributed by atoms with Crippen LogP contribution in [-0.2, 0) is 41.6 Å². The SMILES string of the molecule is CC(=O)O.CC(=O)O.C[Si](C)=[Ti+2].[c-]1cccc2c1Cc1ccccc1-2.[c-]1cccc2c1Cc1ccccc1-2. The first-order valence-electron chi connectivity index (χ1n) is 12.2. The van der Waals surface area contributed by atoms with Crippen LogP contribution in [0.1, 0.15) is 36.1 Å². The van der Waals surface area contributed by atoms with Crippen LogP contribution in [0.15, 0.2) is 84.9 Å². The number of carboxylic acid groups (broad SMARTS) is 2. The average molecular weight is 557 g/mol. The summed E-state index contributed by atoms with van der Waals surface area (Å²) in [6, 6.07) is 36.2. The number of benzene rings is 4. The largest absolute Gasteiger partial charge is 0.179 e. The van der Waals surface area contributed by atoms with Gasteiger partial charge in [-0.05, 0) is 12.8 Å². The maximum absolute atomic E-state index is 9.00. The average Bonchev–Trinajstić information content (AvgIpc) is 3.42. The molecule has 2 N–H and O–H groups in total. The zero-order valence-corrected chi connectivity index (χ0v) is 24.8. The second kappa shape index (κ2) is 15.9. The van der Waals surface area contributed by atoms with Crippen molar-refractivity contribution in [2.75, 3.05) is 0 Å². The molecule has 0 radical (unpaired) electrons. The summed E-state index contributed by atoms with van der Waals surface area (Å²) in [5, 5.41) is 14.8. The van der Waals surface area contributed by atoms with E-state index < -0.39 is 11.9 Å². The number of rotatable bonds is 0. The summed E-state index contributed by atoms with van der Waals surface area (Å²) in [4.78, 5) is 18.0. The number of carbonyl (C=O) groups is 2. The molecule has 0 atom stereocenters. The molecular weight excluding hydrogens is 524 g/mol. The van der Waals surface area contributed by atoms with Crippen LogP contribution < -0.4 is 0 Å². The maximum atomic E-state index is 9.00. The van der Waals surface area contributed by atoms with Gasteiger partial charge in [-0.15, -0.1) is 11.1 Å². The quantitative estimate of drug-likeness (QED) is 0.155. The first-order valence-corrected chi connectivity index (χ1v) is 17.0. The fourth-order valence-corrected chi connectivity index (χ4v) is 4.00. The fraction of sp³-hybridized carbons (Fsp3) is 0.188.